The van der Waals surface area contributed by atoms with Crippen molar-refractivity contribution in [3.05, 3.63) is 17.3 Å². The normalized spacial score (nSPS) is 10.2. The van der Waals surface area contributed by atoms with E-state index in [9.17, 15) is 4.79 Å². The van der Waals surface area contributed by atoms with Crippen molar-refractivity contribution in [1.29, 1.82) is 0 Å². The maximum absolute atomic E-state index is 10.5. The molecule has 5 heteroatoms. The highest BCUT2D eigenvalue weighted by Crippen LogP contribution is 2.13. The molecule has 1 aromatic rings. The number of halogens is 1. The molecule has 0 aromatic carbocycles. The lowest BCUT2D eigenvalue weighted by Crippen LogP contribution is -1.98. The minimum absolute atomic E-state index is 0.0975. The molecule has 0 aliphatic carbocycles. The van der Waals surface area contributed by atoms with E-state index in [1.54, 1.807) is 0 Å². The zero-order valence-electron chi connectivity index (χ0n) is 6.50. The van der Waals surface area contributed by atoms with Crippen LogP contribution in [0.1, 0.15) is 29.1 Å². The van der Waals surface area contributed by atoms with E-state index in [-0.39, 0.29) is 17.5 Å². The number of hydrogen-bond donors (Lipinski definition) is 1. The van der Waals surface area contributed by atoms with Gasteiger partial charge in [-0.05, 0) is 6.42 Å². The van der Waals surface area contributed by atoms with Gasteiger partial charge in [-0.3, -0.25) is 0 Å². The fourth-order valence-corrected chi connectivity index (χ4v) is 0.979. The third kappa shape index (κ3) is 1.58. The molecule has 1 rings (SSSR count). The molecular weight excluding hydrogens is 182 g/mol. The van der Waals surface area contributed by atoms with Crippen molar-refractivity contribution >= 4 is 17.6 Å². The van der Waals surface area contributed by atoms with Gasteiger partial charge in [0.05, 0.1) is 11.6 Å². The number of aryl methyl sites for hydroxylation is 1. The third-order valence-corrected chi connectivity index (χ3v) is 1.61. The van der Waals surface area contributed by atoms with E-state index in [0.29, 0.717) is 12.1 Å². The first-order valence-corrected chi connectivity index (χ1v) is 4.00. The topological polar surface area (TPSA) is 63.3 Å². The molecule has 0 spiro atoms. The quantitative estimate of drug-likeness (QED) is 0.735. The molecule has 0 saturated heterocycles. The second kappa shape index (κ2) is 3.58. The van der Waals surface area contributed by atoms with Gasteiger partial charge in [0.2, 0.25) is 11.7 Å². The van der Waals surface area contributed by atoms with Gasteiger partial charge in [0.1, 0.15) is 0 Å². The van der Waals surface area contributed by atoms with Gasteiger partial charge in [0.15, 0.2) is 0 Å². The van der Waals surface area contributed by atoms with Crippen molar-refractivity contribution < 1.29 is 14.3 Å². The number of aromatic carboxylic acids is 1. The maximum Gasteiger partial charge on any atom is 0.373 e. The van der Waals surface area contributed by atoms with Crippen molar-refractivity contribution in [3.63, 3.8) is 0 Å². The van der Waals surface area contributed by atoms with Crippen LogP contribution in [0, 0.1) is 0 Å². The number of carboxylic acid groups (broad SMARTS) is 1. The number of oxazole rings is 1. The summed E-state index contributed by atoms with van der Waals surface area (Å²) in [6.07, 6.45) is 0.530. The number of rotatable bonds is 3. The number of alkyl halides is 1. The molecular formula is C7H8ClNO3. The summed E-state index contributed by atoms with van der Waals surface area (Å²) in [7, 11) is 0. The average molecular weight is 190 g/mol. The van der Waals surface area contributed by atoms with Crippen LogP contribution < -0.4 is 0 Å². The zero-order chi connectivity index (χ0) is 9.14. The Labute approximate surface area is 74.2 Å². The third-order valence-electron chi connectivity index (χ3n) is 1.39. The zero-order valence-corrected chi connectivity index (χ0v) is 7.26. The SMILES string of the molecule is CCc1nc(CCl)oc1C(=O)O. The molecule has 1 aromatic heterocycles. The molecule has 0 radical (unpaired) electrons. The number of aromatic nitrogens is 1. The van der Waals surface area contributed by atoms with Crippen LogP contribution in [0.25, 0.3) is 0 Å². The second-order valence-electron chi connectivity index (χ2n) is 2.18. The Bertz CT molecular complexity index is 295. The highest BCUT2D eigenvalue weighted by molar-refractivity contribution is 6.16. The lowest BCUT2D eigenvalue weighted by atomic mass is 10.3. The molecule has 0 fully saturated rings. The Hall–Kier alpha value is -1.03. The Morgan fingerprint density at radius 3 is 2.75 bits per heavy atom. The number of nitrogens with zero attached hydrogens (tertiary/aromatic N) is 1. The smallest absolute Gasteiger partial charge is 0.373 e. The molecule has 0 bridgehead atoms. The summed E-state index contributed by atoms with van der Waals surface area (Å²) >= 11 is 5.42. The second-order valence-corrected chi connectivity index (χ2v) is 2.44. The van der Waals surface area contributed by atoms with Gasteiger partial charge in [-0.1, -0.05) is 6.92 Å². The van der Waals surface area contributed by atoms with Crippen molar-refractivity contribution in [2.45, 2.75) is 19.2 Å². The summed E-state index contributed by atoms with van der Waals surface area (Å²) < 4.78 is 4.87. The van der Waals surface area contributed by atoms with Gasteiger partial charge in [-0.15, -0.1) is 11.6 Å². The molecule has 66 valence electrons. The average Bonchev–Trinajstić information content (AvgIpc) is 2.47. The molecule has 1 heterocycles. The predicted octanol–water partition coefficient (Wildman–Crippen LogP) is 1.67. The summed E-state index contributed by atoms with van der Waals surface area (Å²) in [6, 6.07) is 0. The van der Waals surface area contributed by atoms with Crippen molar-refractivity contribution in [1.82, 2.24) is 4.98 Å². The Balaban J connectivity index is 3.08. The van der Waals surface area contributed by atoms with Gasteiger partial charge in [-0.25, -0.2) is 9.78 Å². The van der Waals surface area contributed by atoms with E-state index in [1.165, 1.54) is 0 Å². The predicted molar refractivity (Wildman–Crippen MR) is 42.4 cm³/mol. The monoisotopic (exact) mass is 189 g/mol. The Kier molecular flexibility index (Phi) is 2.70. The largest absolute Gasteiger partial charge is 0.475 e. The van der Waals surface area contributed by atoms with Crippen molar-refractivity contribution in [2.75, 3.05) is 0 Å². The molecule has 0 saturated carbocycles. The van der Waals surface area contributed by atoms with Gasteiger partial charge in [0.25, 0.3) is 0 Å². The molecule has 0 aliphatic rings. The van der Waals surface area contributed by atoms with E-state index >= 15 is 0 Å². The van der Waals surface area contributed by atoms with E-state index in [4.69, 9.17) is 21.1 Å². The van der Waals surface area contributed by atoms with Crippen LogP contribution in [0.4, 0.5) is 0 Å². The van der Waals surface area contributed by atoms with Crippen LogP contribution in [0.2, 0.25) is 0 Å². The fraction of sp³-hybridized carbons (Fsp3) is 0.429. The minimum Gasteiger partial charge on any atom is -0.475 e. The molecule has 12 heavy (non-hydrogen) atoms. The number of carboxylic acids is 1. The van der Waals surface area contributed by atoms with Crippen molar-refractivity contribution in [3.8, 4) is 0 Å². The van der Waals surface area contributed by atoms with E-state index in [0.717, 1.165) is 0 Å². The number of carbonyl (C=O) groups is 1. The van der Waals surface area contributed by atoms with Gasteiger partial charge in [-0.2, -0.15) is 0 Å². The number of hydrogen-bond acceptors (Lipinski definition) is 3. The Morgan fingerprint density at radius 2 is 2.42 bits per heavy atom. The summed E-state index contributed by atoms with van der Waals surface area (Å²) in [5, 5.41) is 8.63. The van der Waals surface area contributed by atoms with Crippen LogP contribution in [0.15, 0.2) is 4.42 Å². The standard InChI is InChI=1S/C7H8ClNO3/c1-2-4-6(7(10)11)12-5(3-8)9-4/h2-3H2,1H3,(H,10,11). The van der Waals surface area contributed by atoms with Crippen LogP contribution in [-0.2, 0) is 12.3 Å². The van der Waals surface area contributed by atoms with E-state index in [2.05, 4.69) is 4.98 Å². The fourth-order valence-electron chi connectivity index (χ4n) is 0.865. The van der Waals surface area contributed by atoms with Crippen LogP contribution >= 0.6 is 11.6 Å². The minimum atomic E-state index is -1.10. The molecule has 0 aliphatic heterocycles. The Morgan fingerprint density at radius 1 is 1.75 bits per heavy atom. The van der Waals surface area contributed by atoms with Crippen molar-refractivity contribution in [2.24, 2.45) is 0 Å². The summed E-state index contributed by atoms with van der Waals surface area (Å²) in [6.45, 7) is 1.81. The molecule has 0 unspecified atom stereocenters. The highest BCUT2D eigenvalue weighted by Gasteiger charge is 2.16. The van der Waals surface area contributed by atoms with Crippen LogP contribution in [0.5, 0.6) is 0 Å². The summed E-state index contributed by atoms with van der Waals surface area (Å²) in [5.41, 5.74) is 0.443. The molecule has 4 nitrogen and oxygen atoms in total. The maximum atomic E-state index is 10.5. The van der Waals surface area contributed by atoms with Gasteiger partial charge < -0.3 is 9.52 Å². The summed E-state index contributed by atoms with van der Waals surface area (Å²) in [5.74, 6) is -0.852. The van der Waals surface area contributed by atoms with Gasteiger partial charge in [0, 0.05) is 0 Å². The molecule has 0 amide bonds. The molecule has 0 atom stereocenters. The van der Waals surface area contributed by atoms with Crippen LogP contribution in [-0.4, -0.2) is 16.1 Å². The van der Waals surface area contributed by atoms with E-state index in [1.807, 2.05) is 6.92 Å². The highest BCUT2D eigenvalue weighted by atomic mass is 35.5. The summed E-state index contributed by atoms with van der Waals surface area (Å²) in [4.78, 5) is 14.4. The first-order valence-electron chi connectivity index (χ1n) is 3.46. The first-order chi connectivity index (χ1) is 5.69. The molecule has 1 N–H and O–H groups in total. The first kappa shape index (κ1) is 9.06. The van der Waals surface area contributed by atoms with Crippen LogP contribution in [0.3, 0.4) is 0 Å². The lowest BCUT2D eigenvalue weighted by Gasteiger charge is -1.87. The van der Waals surface area contributed by atoms with E-state index < -0.39 is 5.97 Å². The lowest BCUT2D eigenvalue weighted by molar-refractivity contribution is 0.0659. The van der Waals surface area contributed by atoms with Gasteiger partial charge >= 0.3 is 5.97 Å².